The minimum absolute atomic E-state index is 0.849. The largest absolute Gasteiger partial charge is 0.245 e. The molecule has 0 radical (unpaired) electrons. The lowest BCUT2D eigenvalue weighted by Crippen LogP contribution is -1.64. The van der Waals surface area contributed by atoms with Gasteiger partial charge in [0.2, 0.25) is 0 Å². The standard InChI is InChI=1S/C6H4N2S/c7-3-1-2-6-4-9-5-8-6/h1-2,4-5H. The Hall–Kier alpha value is -1.14. The highest BCUT2D eigenvalue weighted by Crippen LogP contribution is 2.01. The number of nitriles is 1. The SMILES string of the molecule is N#CC=Cc1cscn1. The molecule has 0 fully saturated rings. The van der Waals surface area contributed by atoms with Gasteiger partial charge in [-0.15, -0.1) is 11.3 Å². The molecule has 0 aliphatic heterocycles. The Kier molecular flexibility index (Phi) is 2.00. The third-order valence-corrected chi connectivity index (χ3v) is 1.38. The van der Waals surface area contributed by atoms with E-state index in [1.165, 1.54) is 17.4 Å². The number of aromatic nitrogens is 1. The van der Waals surface area contributed by atoms with Crippen molar-refractivity contribution in [3.05, 3.63) is 22.7 Å². The van der Waals surface area contributed by atoms with Crippen LogP contribution in [0.1, 0.15) is 5.69 Å². The molecular weight excluding hydrogens is 132 g/mol. The van der Waals surface area contributed by atoms with Gasteiger partial charge in [-0.25, -0.2) is 4.98 Å². The second-order valence-electron chi connectivity index (χ2n) is 1.38. The van der Waals surface area contributed by atoms with E-state index in [4.69, 9.17) is 5.26 Å². The van der Waals surface area contributed by atoms with Crippen LogP contribution >= 0.6 is 11.3 Å². The predicted octanol–water partition coefficient (Wildman–Crippen LogP) is 1.68. The van der Waals surface area contributed by atoms with Gasteiger partial charge < -0.3 is 0 Å². The maximum absolute atomic E-state index is 8.10. The molecule has 1 heterocycles. The van der Waals surface area contributed by atoms with Crippen LogP contribution in [0.4, 0.5) is 0 Å². The molecule has 0 bridgehead atoms. The van der Waals surface area contributed by atoms with Crippen molar-refractivity contribution >= 4 is 17.4 Å². The monoisotopic (exact) mass is 136 g/mol. The van der Waals surface area contributed by atoms with Gasteiger partial charge in [0, 0.05) is 11.5 Å². The summed E-state index contributed by atoms with van der Waals surface area (Å²) in [6.07, 6.45) is 3.09. The van der Waals surface area contributed by atoms with Gasteiger partial charge in [0.15, 0.2) is 0 Å². The molecule has 1 aromatic rings. The van der Waals surface area contributed by atoms with Crippen LogP contribution in [0.3, 0.4) is 0 Å². The fourth-order valence-electron chi connectivity index (χ4n) is 0.427. The maximum atomic E-state index is 8.10. The van der Waals surface area contributed by atoms with Gasteiger partial charge in [-0.1, -0.05) is 0 Å². The third kappa shape index (κ3) is 1.67. The van der Waals surface area contributed by atoms with Crippen LogP contribution in [0.15, 0.2) is 17.0 Å². The summed E-state index contributed by atoms with van der Waals surface area (Å²) in [6.45, 7) is 0. The molecule has 9 heavy (non-hydrogen) atoms. The van der Waals surface area contributed by atoms with E-state index < -0.39 is 0 Å². The van der Waals surface area contributed by atoms with Gasteiger partial charge in [0.05, 0.1) is 17.3 Å². The molecule has 0 spiro atoms. The smallest absolute Gasteiger partial charge is 0.0912 e. The summed E-state index contributed by atoms with van der Waals surface area (Å²) in [6, 6.07) is 1.89. The summed E-state index contributed by atoms with van der Waals surface area (Å²) in [5.41, 5.74) is 2.58. The molecule has 0 N–H and O–H groups in total. The van der Waals surface area contributed by atoms with Crippen molar-refractivity contribution in [3.8, 4) is 6.07 Å². The van der Waals surface area contributed by atoms with Crippen LogP contribution in [0, 0.1) is 11.3 Å². The molecule has 44 valence electrons. The van der Waals surface area contributed by atoms with Crippen LogP contribution < -0.4 is 0 Å². The van der Waals surface area contributed by atoms with Crippen molar-refractivity contribution in [1.82, 2.24) is 4.98 Å². The van der Waals surface area contributed by atoms with Crippen molar-refractivity contribution in [2.24, 2.45) is 0 Å². The van der Waals surface area contributed by atoms with Crippen molar-refractivity contribution in [2.45, 2.75) is 0 Å². The minimum Gasteiger partial charge on any atom is -0.245 e. The van der Waals surface area contributed by atoms with E-state index in [2.05, 4.69) is 4.98 Å². The first kappa shape index (κ1) is 5.99. The number of hydrogen-bond acceptors (Lipinski definition) is 3. The van der Waals surface area contributed by atoms with Gasteiger partial charge in [-0.2, -0.15) is 5.26 Å². The van der Waals surface area contributed by atoms with Gasteiger partial charge in [0.1, 0.15) is 0 Å². The van der Waals surface area contributed by atoms with Crippen LogP contribution in [0.2, 0.25) is 0 Å². The molecule has 1 rings (SSSR count). The molecule has 0 aliphatic carbocycles. The fraction of sp³-hybridized carbons (Fsp3) is 0. The van der Waals surface area contributed by atoms with Crippen LogP contribution in [-0.2, 0) is 0 Å². The van der Waals surface area contributed by atoms with Crippen LogP contribution in [0.25, 0.3) is 6.08 Å². The summed E-state index contributed by atoms with van der Waals surface area (Å²) in [5, 5.41) is 9.99. The normalized spacial score (nSPS) is 9.67. The Morgan fingerprint density at radius 2 is 2.67 bits per heavy atom. The van der Waals surface area contributed by atoms with Crippen molar-refractivity contribution in [1.29, 1.82) is 5.26 Å². The molecule has 0 aromatic carbocycles. The first-order valence-electron chi connectivity index (χ1n) is 2.38. The Balaban J connectivity index is 2.71. The predicted molar refractivity (Wildman–Crippen MR) is 36.8 cm³/mol. The highest BCUT2D eigenvalue weighted by Gasteiger charge is 1.83. The Morgan fingerprint density at radius 3 is 3.22 bits per heavy atom. The number of hydrogen-bond donors (Lipinski definition) is 0. The van der Waals surface area contributed by atoms with E-state index in [0.717, 1.165) is 5.69 Å². The Bertz CT molecular complexity index is 230. The van der Waals surface area contributed by atoms with Gasteiger partial charge in [-0.05, 0) is 6.08 Å². The molecule has 0 amide bonds. The van der Waals surface area contributed by atoms with Crippen molar-refractivity contribution < 1.29 is 0 Å². The van der Waals surface area contributed by atoms with E-state index in [-0.39, 0.29) is 0 Å². The second-order valence-corrected chi connectivity index (χ2v) is 2.09. The van der Waals surface area contributed by atoms with Crippen molar-refractivity contribution in [3.63, 3.8) is 0 Å². The second kappa shape index (κ2) is 3.00. The Morgan fingerprint density at radius 1 is 1.78 bits per heavy atom. The first-order chi connectivity index (χ1) is 4.43. The van der Waals surface area contributed by atoms with E-state index in [9.17, 15) is 0 Å². The van der Waals surface area contributed by atoms with Gasteiger partial charge in [-0.3, -0.25) is 0 Å². The number of thiazole rings is 1. The quantitative estimate of drug-likeness (QED) is 0.551. The van der Waals surface area contributed by atoms with E-state index >= 15 is 0 Å². The number of rotatable bonds is 1. The summed E-state index contributed by atoms with van der Waals surface area (Å²) in [4.78, 5) is 3.93. The zero-order chi connectivity index (χ0) is 6.53. The molecular formula is C6H4N2S. The lowest BCUT2D eigenvalue weighted by molar-refractivity contribution is 1.38. The van der Waals surface area contributed by atoms with E-state index in [0.29, 0.717) is 0 Å². The third-order valence-electron chi connectivity index (χ3n) is 0.780. The van der Waals surface area contributed by atoms with E-state index in [1.54, 1.807) is 11.6 Å². The zero-order valence-corrected chi connectivity index (χ0v) is 5.43. The molecule has 0 atom stereocenters. The molecule has 3 heteroatoms. The molecule has 2 nitrogen and oxygen atoms in total. The zero-order valence-electron chi connectivity index (χ0n) is 4.61. The lowest BCUT2D eigenvalue weighted by Gasteiger charge is -1.72. The van der Waals surface area contributed by atoms with Crippen molar-refractivity contribution in [2.75, 3.05) is 0 Å². The fourth-order valence-corrected chi connectivity index (χ4v) is 0.949. The number of allylic oxidation sites excluding steroid dienone is 1. The number of nitrogens with zero attached hydrogens (tertiary/aromatic N) is 2. The molecule has 1 aromatic heterocycles. The van der Waals surface area contributed by atoms with Gasteiger partial charge in [0.25, 0.3) is 0 Å². The minimum atomic E-state index is 0.849. The average Bonchev–Trinajstić information content (AvgIpc) is 2.34. The lowest BCUT2D eigenvalue weighted by atomic mass is 10.4. The van der Waals surface area contributed by atoms with Crippen LogP contribution in [0.5, 0.6) is 0 Å². The molecule has 0 aliphatic rings. The Labute approximate surface area is 57.1 Å². The first-order valence-corrected chi connectivity index (χ1v) is 3.32. The molecule has 0 saturated heterocycles. The average molecular weight is 136 g/mol. The summed E-state index contributed by atoms with van der Waals surface area (Å²) < 4.78 is 0. The maximum Gasteiger partial charge on any atom is 0.0912 e. The van der Waals surface area contributed by atoms with E-state index in [1.807, 2.05) is 11.4 Å². The van der Waals surface area contributed by atoms with Gasteiger partial charge >= 0.3 is 0 Å². The summed E-state index contributed by atoms with van der Waals surface area (Å²) in [7, 11) is 0. The highest BCUT2D eigenvalue weighted by atomic mass is 32.1. The highest BCUT2D eigenvalue weighted by molar-refractivity contribution is 7.07. The molecule has 0 unspecified atom stereocenters. The molecule has 0 saturated carbocycles. The summed E-state index contributed by atoms with van der Waals surface area (Å²) >= 11 is 1.52. The van der Waals surface area contributed by atoms with Crippen LogP contribution in [-0.4, -0.2) is 4.98 Å². The summed E-state index contributed by atoms with van der Waals surface area (Å²) in [5.74, 6) is 0. The topological polar surface area (TPSA) is 36.7 Å².